The highest BCUT2D eigenvalue weighted by Gasteiger charge is 2.11. The molecule has 4 nitrogen and oxygen atoms in total. The predicted molar refractivity (Wildman–Crippen MR) is 71.0 cm³/mol. The number of nitrogens with zero attached hydrogens (tertiary/aromatic N) is 2. The number of H-pyrrole nitrogens is 1. The number of anilines is 1. The van der Waals surface area contributed by atoms with Gasteiger partial charge in [-0.05, 0) is 23.9 Å². The molecule has 0 aliphatic rings. The number of rotatable bonds is 3. The number of aromatic amines is 1. The topological polar surface area (TPSA) is 49.0 Å². The van der Waals surface area contributed by atoms with Gasteiger partial charge in [-0.2, -0.15) is 5.10 Å². The average Bonchev–Trinajstić information content (AvgIpc) is 2.68. The van der Waals surface area contributed by atoms with Crippen LogP contribution in [-0.2, 0) is 6.54 Å². The number of hydrogen-bond donors (Lipinski definition) is 1. The van der Waals surface area contributed by atoms with Gasteiger partial charge in [0.25, 0.3) is 5.56 Å². The number of halogens is 1. The highest BCUT2D eigenvalue weighted by molar-refractivity contribution is 7.10. The van der Waals surface area contributed by atoms with Gasteiger partial charge in [0.1, 0.15) is 5.02 Å². The van der Waals surface area contributed by atoms with Crippen molar-refractivity contribution < 1.29 is 0 Å². The van der Waals surface area contributed by atoms with Gasteiger partial charge in [-0.15, -0.1) is 11.3 Å². The molecule has 90 valence electrons. The molecule has 0 unspecified atom stereocenters. The molecule has 0 amide bonds. The SMILES string of the molecule is Cc1ccsc1CN(C)c1cn[nH]c(=O)c1Cl. The molecule has 0 saturated carbocycles. The van der Waals surface area contributed by atoms with Crippen LogP contribution < -0.4 is 10.5 Å². The molecule has 0 fully saturated rings. The number of aryl methyl sites for hydroxylation is 1. The summed E-state index contributed by atoms with van der Waals surface area (Å²) in [5.41, 5.74) is 1.53. The van der Waals surface area contributed by atoms with Crippen LogP contribution in [0.25, 0.3) is 0 Å². The Kier molecular flexibility index (Phi) is 3.49. The van der Waals surface area contributed by atoms with Crippen LogP contribution in [0.15, 0.2) is 22.4 Å². The lowest BCUT2D eigenvalue weighted by atomic mass is 10.3. The van der Waals surface area contributed by atoms with Crippen molar-refractivity contribution in [1.82, 2.24) is 10.2 Å². The van der Waals surface area contributed by atoms with Crippen LogP contribution in [-0.4, -0.2) is 17.2 Å². The van der Waals surface area contributed by atoms with Crippen LogP contribution in [0, 0.1) is 6.92 Å². The molecule has 2 aromatic rings. The van der Waals surface area contributed by atoms with E-state index in [1.807, 2.05) is 11.9 Å². The Balaban J connectivity index is 2.26. The lowest BCUT2D eigenvalue weighted by Gasteiger charge is -2.19. The highest BCUT2D eigenvalue weighted by atomic mass is 35.5. The Morgan fingerprint density at radius 1 is 1.59 bits per heavy atom. The Bertz CT molecular complexity index is 578. The Morgan fingerprint density at radius 3 is 3.00 bits per heavy atom. The van der Waals surface area contributed by atoms with Crippen molar-refractivity contribution in [2.45, 2.75) is 13.5 Å². The molecule has 0 aliphatic carbocycles. The first-order valence-electron chi connectivity index (χ1n) is 5.07. The van der Waals surface area contributed by atoms with E-state index in [0.717, 1.165) is 0 Å². The largest absolute Gasteiger partial charge is 0.367 e. The maximum Gasteiger partial charge on any atom is 0.285 e. The van der Waals surface area contributed by atoms with E-state index in [0.29, 0.717) is 12.2 Å². The molecule has 2 heterocycles. The molecular weight excluding hydrogens is 258 g/mol. The zero-order valence-corrected chi connectivity index (χ0v) is 11.1. The van der Waals surface area contributed by atoms with Gasteiger partial charge in [0.05, 0.1) is 18.4 Å². The highest BCUT2D eigenvalue weighted by Crippen LogP contribution is 2.24. The van der Waals surface area contributed by atoms with Crippen LogP contribution in [0.5, 0.6) is 0 Å². The molecule has 0 bridgehead atoms. The minimum absolute atomic E-state index is 0.178. The second kappa shape index (κ2) is 4.89. The zero-order valence-electron chi connectivity index (χ0n) is 9.53. The summed E-state index contributed by atoms with van der Waals surface area (Å²) in [5.74, 6) is 0. The van der Waals surface area contributed by atoms with Gasteiger partial charge >= 0.3 is 0 Å². The average molecular weight is 270 g/mol. The van der Waals surface area contributed by atoms with E-state index >= 15 is 0 Å². The molecule has 0 saturated heterocycles. The number of aromatic nitrogens is 2. The molecule has 1 N–H and O–H groups in total. The van der Waals surface area contributed by atoms with Crippen LogP contribution in [0.3, 0.4) is 0 Å². The quantitative estimate of drug-likeness (QED) is 0.931. The van der Waals surface area contributed by atoms with Gasteiger partial charge < -0.3 is 4.90 Å². The zero-order chi connectivity index (χ0) is 12.4. The van der Waals surface area contributed by atoms with Crippen molar-refractivity contribution in [3.8, 4) is 0 Å². The lowest BCUT2D eigenvalue weighted by molar-refractivity contribution is 0.901. The standard InChI is InChI=1S/C11H12ClN3OS/c1-7-3-4-17-9(7)6-15(2)8-5-13-14-11(16)10(8)12/h3-5H,6H2,1-2H3,(H,14,16). The van der Waals surface area contributed by atoms with Crippen molar-refractivity contribution in [3.05, 3.63) is 43.5 Å². The van der Waals surface area contributed by atoms with E-state index in [1.54, 1.807) is 17.5 Å². The summed E-state index contributed by atoms with van der Waals surface area (Å²) in [6.07, 6.45) is 1.56. The molecular formula is C11H12ClN3OS. The molecule has 0 atom stereocenters. The maximum absolute atomic E-state index is 11.3. The van der Waals surface area contributed by atoms with E-state index in [-0.39, 0.29) is 10.6 Å². The van der Waals surface area contributed by atoms with Crippen molar-refractivity contribution in [3.63, 3.8) is 0 Å². The van der Waals surface area contributed by atoms with E-state index in [9.17, 15) is 4.79 Å². The number of hydrogen-bond acceptors (Lipinski definition) is 4. The van der Waals surface area contributed by atoms with E-state index < -0.39 is 0 Å². The molecule has 17 heavy (non-hydrogen) atoms. The third-order valence-electron chi connectivity index (χ3n) is 2.54. The summed E-state index contributed by atoms with van der Waals surface area (Å²) in [5, 5.41) is 8.29. The fourth-order valence-electron chi connectivity index (χ4n) is 1.51. The first-order valence-corrected chi connectivity index (χ1v) is 6.32. The Morgan fingerprint density at radius 2 is 2.35 bits per heavy atom. The smallest absolute Gasteiger partial charge is 0.285 e. The number of nitrogens with one attached hydrogen (secondary N) is 1. The second-order valence-corrected chi connectivity index (χ2v) is 5.16. The third kappa shape index (κ3) is 2.50. The van der Waals surface area contributed by atoms with Gasteiger partial charge in [0.15, 0.2) is 0 Å². The summed E-state index contributed by atoms with van der Waals surface area (Å²) in [4.78, 5) is 14.5. The van der Waals surface area contributed by atoms with Crippen LogP contribution in [0.2, 0.25) is 5.02 Å². The molecule has 0 radical (unpaired) electrons. The summed E-state index contributed by atoms with van der Waals surface area (Å²) >= 11 is 7.64. The van der Waals surface area contributed by atoms with Gasteiger partial charge in [0.2, 0.25) is 0 Å². The first kappa shape index (κ1) is 12.1. The summed E-state index contributed by atoms with van der Waals surface area (Å²) in [6, 6.07) is 2.07. The summed E-state index contributed by atoms with van der Waals surface area (Å²) < 4.78 is 0. The fourth-order valence-corrected chi connectivity index (χ4v) is 2.70. The molecule has 6 heteroatoms. The second-order valence-electron chi connectivity index (χ2n) is 3.78. The van der Waals surface area contributed by atoms with Crippen LogP contribution in [0.4, 0.5) is 5.69 Å². The van der Waals surface area contributed by atoms with Crippen molar-refractivity contribution >= 4 is 28.6 Å². The van der Waals surface area contributed by atoms with Gasteiger partial charge in [-0.25, -0.2) is 5.10 Å². The predicted octanol–water partition coefficient (Wildman–Crippen LogP) is 2.43. The fraction of sp³-hybridized carbons (Fsp3) is 0.273. The lowest BCUT2D eigenvalue weighted by Crippen LogP contribution is -2.20. The summed E-state index contributed by atoms with van der Waals surface area (Å²) in [6.45, 7) is 2.78. The normalized spacial score (nSPS) is 10.5. The first-order chi connectivity index (χ1) is 8.09. The van der Waals surface area contributed by atoms with Crippen molar-refractivity contribution in [2.75, 3.05) is 11.9 Å². The molecule has 0 aliphatic heterocycles. The molecule has 2 aromatic heterocycles. The van der Waals surface area contributed by atoms with Crippen LogP contribution in [0.1, 0.15) is 10.4 Å². The van der Waals surface area contributed by atoms with E-state index in [4.69, 9.17) is 11.6 Å². The maximum atomic E-state index is 11.3. The molecule has 2 rings (SSSR count). The van der Waals surface area contributed by atoms with Crippen molar-refractivity contribution in [2.24, 2.45) is 0 Å². The number of thiophene rings is 1. The monoisotopic (exact) mass is 269 g/mol. The third-order valence-corrected chi connectivity index (χ3v) is 3.91. The Hall–Kier alpha value is -1.33. The Labute approximate surface area is 108 Å². The molecule has 0 spiro atoms. The van der Waals surface area contributed by atoms with Crippen molar-refractivity contribution in [1.29, 1.82) is 0 Å². The summed E-state index contributed by atoms with van der Waals surface area (Å²) in [7, 11) is 1.89. The van der Waals surface area contributed by atoms with E-state index in [1.165, 1.54) is 10.4 Å². The van der Waals surface area contributed by atoms with Crippen LogP contribution >= 0.6 is 22.9 Å². The van der Waals surface area contributed by atoms with Gasteiger partial charge in [-0.1, -0.05) is 11.6 Å². The van der Waals surface area contributed by atoms with Gasteiger partial charge in [0, 0.05) is 11.9 Å². The molecule has 0 aromatic carbocycles. The van der Waals surface area contributed by atoms with E-state index in [2.05, 4.69) is 28.6 Å². The minimum Gasteiger partial charge on any atom is -0.367 e. The van der Waals surface area contributed by atoms with Gasteiger partial charge in [-0.3, -0.25) is 4.79 Å². The minimum atomic E-state index is -0.362.